The first-order valence-electron chi connectivity index (χ1n) is 9.56. The van der Waals surface area contributed by atoms with Gasteiger partial charge in [-0.1, -0.05) is 12.1 Å². The first kappa shape index (κ1) is 19.8. The molecule has 1 amide bonds. The highest BCUT2D eigenvalue weighted by Crippen LogP contribution is 2.28. The van der Waals surface area contributed by atoms with Crippen molar-refractivity contribution in [2.75, 3.05) is 6.61 Å². The summed E-state index contributed by atoms with van der Waals surface area (Å²) < 4.78 is 32.9. The maximum atomic E-state index is 13.2. The lowest BCUT2D eigenvalue weighted by molar-refractivity contribution is -0.124. The third-order valence-corrected chi connectivity index (χ3v) is 4.93. The van der Waals surface area contributed by atoms with Crippen LogP contribution in [-0.2, 0) is 28.9 Å². The molecule has 0 unspecified atom stereocenters. The molecule has 0 saturated heterocycles. The van der Waals surface area contributed by atoms with Gasteiger partial charge in [-0.2, -0.15) is 5.10 Å². The van der Waals surface area contributed by atoms with Crippen LogP contribution in [0.5, 0.6) is 0 Å². The number of ether oxygens (including phenoxy) is 1. The summed E-state index contributed by atoms with van der Waals surface area (Å²) >= 11 is 0. The lowest BCUT2D eigenvalue weighted by Crippen LogP contribution is -2.28. The van der Waals surface area contributed by atoms with Gasteiger partial charge in [0, 0.05) is 17.8 Å². The Labute approximate surface area is 171 Å². The van der Waals surface area contributed by atoms with Crippen LogP contribution in [0.1, 0.15) is 33.7 Å². The second-order valence-corrected chi connectivity index (χ2v) is 6.99. The van der Waals surface area contributed by atoms with Gasteiger partial charge in [-0.05, 0) is 61.2 Å². The molecular formula is C22H19F2N3O3. The number of nitrogens with one attached hydrogen (secondary N) is 1. The Balaban J connectivity index is 1.40. The van der Waals surface area contributed by atoms with Gasteiger partial charge in [0.15, 0.2) is 12.3 Å². The van der Waals surface area contributed by atoms with Crippen molar-refractivity contribution >= 4 is 11.9 Å². The first-order valence-corrected chi connectivity index (χ1v) is 9.56. The molecule has 1 aromatic heterocycles. The van der Waals surface area contributed by atoms with Crippen molar-refractivity contribution < 1.29 is 23.1 Å². The van der Waals surface area contributed by atoms with Crippen molar-refractivity contribution in [1.82, 2.24) is 15.1 Å². The molecule has 0 fully saturated rings. The average Bonchev–Trinajstić information content (AvgIpc) is 3.35. The van der Waals surface area contributed by atoms with Gasteiger partial charge in [0.25, 0.3) is 5.91 Å². The number of amides is 1. The van der Waals surface area contributed by atoms with E-state index in [1.165, 1.54) is 24.3 Å². The fraction of sp³-hybridized carbons (Fsp3) is 0.227. The van der Waals surface area contributed by atoms with Crippen LogP contribution in [-0.4, -0.2) is 28.3 Å². The second-order valence-electron chi connectivity index (χ2n) is 6.99. The van der Waals surface area contributed by atoms with E-state index in [1.54, 1.807) is 28.9 Å². The van der Waals surface area contributed by atoms with E-state index in [1.807, 2.05) is 0 Å². The maximum absolute atomic E-state index is 13.2. The molecule has 3 aromatic rings. The molecule has 8 heteroatoms. The number of carbonyl (C=O) groups is 2. The number of nitrogens with zero attached hydrogens (tertiary/aromatic N) is 2. The highest BCUT2D eigenvalue weighted by Gasteiger charge is 2.28. The van der Waals surface area contributed by atoms with Crippen molar-refractivity contribution in [1.29, 1.82) is 0 Å². The van der Waals surface area contributed by atoms with Crippen LogP contribution >= 0.6 is 0 Å². The molecule has 2 aromatic carbocycles. The highest BCUT2D eigenvalue weighted by molar-refractivity contribution is 5.91. The minimum absolute atomic E-state index is 0.179. The van der Waals surface area contributed by atoms with E-state index >= 15 is 0 Å². The van der Waals surface area contributed by atoms with E-state index < -0.39 is 18.5 Å². The third kappa shape index (κ3) is 4.22. The van der Waals surface area contributed by atoms with Crippen LogP contribution in [0.15, 0.2) is 48.5 Å². The summed E-state index contributed by atoms with van der Waals surface area (Å²) in [5, 5.41) is 6.98. The van der Waals surface area contributed by atoms with Gasteiger partial charge < -0.3 is 10.1 Å². The van der Waals surface area contributed by atoms with Gasteiger partial charge in [-0.25, -0.2) is 18.3 Å². The van der Waals surface area contributed by atoms with E-state index in [-0.39, 0.29) is 23.9 Å². The molecule has 1 N–H and O–H groups in total. The molecule has 1 aliphatic carbocycles. The Hall–Kier alpha value is -3.55. The van der Waals surface area contributed by atoms with Gasteiger partial charge in [0.05, 0.1) is 5.69 Å². The number of esters is 1. The molecule has 0 atom stereocenters. The normalized spacial score (nSPS) is 12.5. The van der Waals surface area contributed by atoms with Gasteiger partial charge in [0.1, 0.15) is 11.6 Å². The van der Waals surface area contributed by atoms with Crippen molar-refractivity contribution in [3.05, 3.63) is 82.7 Å². The topological polar surface area (TPSA) is 73.2 Å². The summed E-state index contributed by atoms with van der Waals surface area (Å²) in [6.45, 7) is -0.247. The zero-order valence-electron chi connectivity index (χ0n) is 16.0. The zero-order valence-corrected chi connectivity index (χ0v) is 16.0. The summed E-state index contributed by atoms with van der Waals surface area (Å²) in [6.07, 6.45) is 2.33. The molecule has 154 valence electrons. The first-order chi connectivity index (χ1) is 14.5. The lowest BCUT2D eigenvalue weighted by Gasteiger charge is -2.07. The second kappa shape index (κ2) is 8.44. The van der Waals surface area contributed by atoms with Crippen LogP contribution in [0.3, 0.4) is 0 Å². The van der Waals surface area contributed by atoms with Crippen LogP contribution in [0, 0.1) is 11.6 Å². The van der Waals surface area contributed by atoms with E-state index in [2.05, 4.69) is 10.4 Å². The quantitative estimate of drug-likeness (QED) is 0.633. The zero-order chi connectivity index (χ0) is 21.1. The van der Waals surface area contributed by atoms with Gasteiger partial charge in [-0.15, -0.1) is 0 Å². The number of carbonyl (C=O) groups excluding carboxylic acids is 2. The molecule has 1 aliphatic rings. The number of rotatable bonds is 6. The smallest absolute Gasteiger partial charge is 0.359 e. The minimum atomic E-state index is -0.675. The largest absolute Gasteiger partial charge is 0.451 e. The monoisotopic (exact) mass is 411 g/mol. The third-order valence-electron chi connectivity index (χ3n) is 4.93. The minimum Gasteiger partial charge on any atom is -0.451 e. The predicted molar refractivity (Wildman–Crippen MR) is 104 cm³/mol. The van der Waals surface area contributed by atoms with Crippen molar-refractivity contribution in [3.8, 4) is 5.69 Å². The number of benzene rings is 2. The molecule has 0 spiro atoms. The van der Waals surface area contributed by atoms with E-state index in [0.717, 1.165) is 29.7 Å². The molecule has 4 rings (SSSR count). The highest BCUT2D eigenvalue weighted by atomic mass is 19.1. The Bertz CT molecular complexity index is 1080. The molecule has 0 aliphatic heterocycles. The van der Waals surface area contributed by atoms with Crippen LogP contribution in [0.2, 0.25) is 0 Å². The van der Waals surface area contributed by atoms with E-state index in [4.69, 9.17) is 4.74 Å². The van der Waals surface area contributed by atoms with Gasteiger partial charge >= 0.3 is 5.97 Å². The van der Waals surface area contributed by atoms with Crippen molar-refractivity contribution in [2.45, 2.75) is 25.8 Å². The van der Waals surface area contributed by atoms with Crippen molar-refractivity contribution in [3.63, 3.8) is 0 Å². The number of aromatic nitrogens is 2. The summed E-state index contributed by atoms with van der Waals surface area (Å²) in [7, 11) is 0. The Morgan fingerprint density at radius 1 is 1.00 bits per heavy atom. The average molecular weight is 411 g/mol. The van der Waals surface area contributed by atoms with Crippen LogP contribution in [0.25, 0.3) is 5.69 Å². The molecule has 0 bridgehead atoms. The van der Waals surface area contributed by atoms with E-state index in [9.17, 15) is 18.4 Å². The number of halogens is 2. The fourth-order valence-corrected chi connectivity index (χ4v) is 3.45. The Morgan fingerprint density at radius 3 is 2.37 bits per heavy atom. The summed E-state index contributed by atoms with van der Waals surface area (Å²) in [5.74, 6) is -1.85. The summed E-state index contributed by atoms with van der Waals surface area (Å²) in [6, 6.07) is 11.6. The molecule has 6 nitrogen and oxygen atoms in total. The van der Waals surface area contributed by atoms with Crippen LogP contribution in [0.4, 0.5) is 8.78 Å². The number of hydrogen-bond acceptors (Lipinski definition) is 4. The SMILES string of the molecule is O=C(COC(=O)c1nn(-c2ccc(F)cc2)c2c1CCC2)NCc1ccc(F)cc1. The summed E-state index contributed by atoms with van der Waals surface area (Å²) in [4.78, 5) is 24.5. The molecule has 1 heterocycles. The Morgan fingerprint density at radius 2 is 1.67 bits per heavy atom. The number of hydrogen-bond donors (Lipinski definition) is 1. The standard InChI is InChI=1S/C22H19F2N3O3/c23-15-6-4-14(5-7-15)12-25-20(28)13-30-22(29)21-18-2-1-3-19(18)27(26-21)17-10-8-16(24)9-11-17/h4-11H,1-3,12-13H2,(H,25,28). The van der Waals surface area contributed by atoms with E-state index in [0.29, 0.717) is 12.1 Å². The maximum Gasteiger partial charge on any atom is 0.359 e. The van der Waals surface area contributed by atoms with Crippen LogP contribution < -0.4 is 5.32 Å². The summed E-state index contributed by atoms with van der Waals surface area (Å²) in [5.41, 5.74) is 3.26. The van der Waals surface area contributed by atoms with Gasteiger partial charge in [0.2, 0.25) is 0 Å². The molecular weight excluding hydrogens is 392 g/mol. The number of fused-ring (bicyclic) bond motifs is 1. The Kier molecular flexibility index (Phi) is 5.56. The molecule has 0 saturated carbocycles. The molecule has 0 radical (unpaired) electrons. The van der Waals surface area contributed by atoms with Gasteiger partial charge in [-0.3, -0.25) is 4.79 Å². The predicted octanol–water partition coefficient (Wildman–Crippen LogP) is 3.11. The fourth-order valence-electron chi connectivity index (χ4n) is 3.45. The van der Waals surface area contributed by atoms with Crippen molar-refractivity contribution in [2.24, 2.45) is 0 Å². The molecule has 30 heavy (non-hydrogen) atoms. The lowest BCUT2D eigenvalue weighted by atomic mass is 10.2.